The van der Waals surface area contributed by atoms with Crippen molar-refractivity contribution in [1.29, 1.82) is 5.26 Å². The molecule has 3 aliphatic heterocycles. The molecule has 3 saturated carbocycles. The van der Waals surface area contributed by atoms with Crippen molar-refractivity contribution in [3.63, 3.8) is 0 Å². The van der Waals surface area contributed by atoms with Crippen LogP contribution < -0.4 is 41.2 Å². The molecular formula is C85H104N20O9S2. The minimum absolute atomic E-state index is 0.0316. The third-order valence-electron chi connectivity index (χ3n) is 20.5. The standard InChI is InChI=1S/C28H35N7O3S.C28H33N7O3.C17H19N3O2.C12H17N3OS/c1-28(2,3)24-14-25(34-35(24)19-8-10-37-16-19)32-27(39)33-26-22(29-4)13-21(15-31-26)38-20-7-9-30-18(11-20)12-23(36)17-5-6-17;1-28(2,3)24-14-25(33-35(24)19-8-10-37-16-19)31-27-32-26-22(34(27)4)13-21(15-30-26)38-20-7-9-29-18(11-20)12-23(36)17-5-6-17;1-2-11-7-15(10-20-17(11)18)22-14-5-6-19-13(8-14)9-16(21)12-3-4-12;1-12(2,3)10-6-11(17-8-13)14-15(10)9-4-5-16-7-9/h7,9,11,13-15,17,19,29H,5-6,8,10,12,16H2,1-4H3,(H2,31,32,33,34,39);7,9,11,13-15,17,19H,5-6,8,10,12,16H2,1-4H3,(H,30,31,32,33);5-8,10,12H,2-4,9H2,1H3,(H2,18,20);6,9H,4-5,7H2,1-3H3/t2*19-;;9-/m00.0/s1. The van der Waals surface area contributed by atoms with Gasteiger partial charge in [-0.15, -0.1) is 0 Å². The number of Topliss-reactive ketones (excluding diaryl/α,β-unsaturated/α-hetero) is 3. The normalized spacial score (nSPS) is 17.2. The van der Waals surface area contributed by atoms with Crippen molar-refractivity contribution in [3.05, 3.63) is 150 Å². The van der Waals surface area contributed by atoms with Crippen LogP contribution in [0.2, 0.25) is 0 Å². The van der Waals surface area contributed by atoms with Gasteiger partial charge in [-0.1, -0.05) is 69.2 Å². The van der Waals surface area contributed by atoms with E-state index < -0.39 is 0 Å². The summed E-state index contributed by atoms with van der Waals surface area (Å²) in [7, 11) is 3.74. The number of anilines is 6. The Labute approximate surface area is 685 Å². The summed E-state index contributed by atoms with van der Waals surface area (Å²) in [4.78, 5) is 66.9. The third-order valence-corrected chi connectivity index (χ3v) is 21.2. The zero-order valence-electron chi connectivity index (χ0n) is 68.1. The van der Waals surface area contributed by atoms with Crippen LogP contribution in [0.5, 0.6) is 34.5 Å². The molecule has 3 atom stereocenters. The molecule has 31 heteroatoms. The molecule has 0 amide bonds. The summed E-state index contributed by atoms with van der Waals surface area (Å²) in [6.07, 6.45) is 20.6. The highest BCUT2D eigenvalue weighted by molar-refractivity contribution is 8.03. The summed E-state index contributed by atoms with van der Waals surface area (Å²) in [5, 5.41) is 39.0. The maximum Gasteiger partial charge on any atom is 0.210 e. The van der Waals surface area contributed by atoms with Gasteiger partial charge in [-0.25, -0.2) is 15.0 Å². The summed E-state index contributed by atoms with van der Waals surface area (Å²) < 4.78 is 42.7. The van der Waals surface area contributed by atoms with Gasteiger partial charge in [-0.2, -0.15) is 25.5 Å². The van der Waals surface area contributed by atoms with E-state index in [1.165, 1.54) is 5.69 Å². The Bertz CT molecular complexity index is 5190. The second-order valence-corrected chi connectivity index (χ2v) is 34.3. The number of aryl methyl sites for hydroxylation is 2. The number of nitriles is 1. The van der Waals surface area contributed by atoms with Crippen LogP contribution in [0, 0.1) is 28.4 Å². The number of rotatable bonds is 25. The molecule has 10 aromatic heterocycles. The van der Waals surface area contributed by atoms with E-state index in [2.05, 4.69) is 144 Å². The van der Waals surface area contributed by atoms with Gasteiger partial charge in [-0.3, -0.25) is 43.4 Å². The number of pyridine rings is 6. The Morgan fingerprint density at radius 3 is 1.45 bits per heavy atom. The summed E-state index contributed by atoms with van der Waals surface area (Å²) in [5.74, 6) is 8.20. The zero-order chi connectivity index (χ0) is 82.0. The van der Waals surface area contributed by atoms with E-state index in [4.69, 9.17) is 61.8 Å². The third kappa shape index (κ3) is 22.0. The van der Waals surface area contributed by atoms with Crippen molar-refractivity contribution in [2.45, 2.75) is 192 Å². The Kier molecular flexibility index (Phi) is 26.2. The van der Waals surface area contributed by atoms with Gasteiger partial charge in [0.1, 0.15) is 68.1 Å². The van der Waals surface area contributed by atoms with Crippen LogP contribution in [-0.2, 0) is 77.6 Å². The van der Waals surface area contributed by atoms with Gasteiger partial charge in [0.15, 0.2) is 28.2 Å². The minimum atomic E-state index is -0.0798. The molecule has 0 unspecified atom stereocenters. The molecule has 13 heterocycles. The average Bonchev–Trinajstić information content (AvgIpc) is 1.64. The van der Waals surface area contributed by atoms with Gasteiger partial charge in [0, 0.05) is 177 Å². The summed E-state index contributed by atoms with van der Waals surface area (Å²) in [6, 6.07) is 23.3. The maximum atomic E-state index is 12.2. The molecule has 3 aliphatic carbocycles. The second kappa shape index (κ2) is 36.6. The van der Waals surface area contributed by atoms with E-state index in [-0.39, 0.29) is 63.4 Å². The average molecular weight is 1610 g/mol. The fraction of sp³-hybridized carbons (Fsp3) is 0.471. The lowest BCUT2D eigenvalue weighted by Crippen LogP contribution is -2.22. The number of aromatic nitrogens is 14. The lowest BCUT2D eigenvalue weighted by atomic mass is 9.91. The topological polar surface area (TPSA) is 353 Å². The molecule has 0 spiro atoms. The molecule has 29 nitrogen and oxygen atoms in total. The molecule has 6 N–H and O–H groups in total. The first-order valence-electron chi connectivity index (χ1n) is 39.8. The number of carbonyl (C=O) groups excluding carboxylic acids is 3. The van der Waals surface area contributed by atoms with E-state index in [0.29, 0.717) is 119 Å². The SMILES string of the molecule is CC(C)(C)c1cc(SC#N)nn1[C@H]1CCOC1.CCc1cc(Oc2ccnc(CC(=O)C3CC3)c2)cnc1N.CNc1cc(Oc2ccnc(CC(=O)C3CC3)c2)cnc1NC(=S)Nc1cc(C(C)(C)C)n([C@H]2CCOC2)n1.Cn1c(Nc2cc(C(C)(C)C)n([C@H]3CCOC3)n2)nc2ncc(Oc3ccnc(CC(=O)C4CC4)c3)cc21. The fourth-order valence-corrected chi connectivity index (χ4v) is 14.3. The zero-order valence-corrected chi connectivity index (χ0v) is 69.7. The number of nitrogen functional groups attached to an aromatic ring is 1. The van der Waals surface area contributed by atoms with Gasteiger partial charge < -0.3 is 60.0 Å². The van der Waals surface area contributed by atoms with Crippen LogP contribution in [0.1, 0.15) is 185 Å². The molecule has 6 fully saturated rings. The van der Waals surface area contributed by atoms with Gasteiger partial charge in [-0.05, 0) is 112 Å². The first kappa shape index (κ1) is 83.2. The van der Waals surface area contributed by atoms with E-state index >= 15 is 0 Å². The van der Waals surface area contributed by atoms with Gasteiger partial charge in [0.25, 0.3) is 0 Å². The van der Waals surface area contributed by atoms with Crippen molar-refractivity contribution in [2.24, 2.45) is 24.8 Å². The van der Waals surface area contributed by atoms with Crippen molar-refractivity contribution in [2.75, 3.05) is 73.7 Å². The number of thiocarbonyl (C=S) groups is 1. The molecule has 3 saturated heterocycles. The highest BCUT2D eigenvalue weighted by atomic mass is 32.2. The van der Waals surface area contributed by atoms with Crippen molar-refractivity contribution < 1.29 is 42.8 Å². The molecule has 0 radical (unpaired) electrons. The van der Waals surface area contributed by atoms with Gasteiger partial charge in [0.2, 0.25) is 5.95 Å². The first-order chi connectivity index (χ1) is 55.6. The molecule has 610 valence electrons. The molecule has 116 heavy (non-hydrogen) atoms. The molecule has 10 aromatic rings. The molecule has 6 aliphatic rings. The Hall–Kier alpha value is -10.8. The number of thioether (sulfide) groups is 1. The number of hydrogen-bond acceptors (Lipinski definition) is 25. The van der Waals surface area contributed by atoms with E-state index in [1.54, 1.807) is 68.5 Å². The van der Waals surface area contributed by atoms with Crippen LogP contribution in [0.3, 0.4) is 0 Å². The number of imidazole rings is 1. The smallest absolute Gasteiger partial charge is 0.210 e. The number of thiocyanates is 1. The number of ether oxygens (including phenoxy) is 6. The summed E-state index contributed by atoms with van der Waals surface area (Å²) >= 11 is 6.70. The summed E-state index contributed by atoms with van der Waals surface area (Å²) in [5.41, 5.74) is 14.4. The molecule has 16 rings (SSSR count). The van der Waals surface area contributed by atoms with E-state index in [0.717, 1.165) is 147 Å². The monoisotopic (exact) mass is 1610 g/mol. The summed E-state index contributed by atoms with van der Waals surface area (Å²) in [6.45, 7) is 26.0. The van der Waals surface area contributed by atoms with Gasteiger partial charge in [0.05, 0.1) is 84.8 Å². The van der Waals surface area contributed by atoms with Crippen molar-refractivity contribution >= 4 is 92.5 Å². The maximum absolute atomic E-state index is 12.2. The number of nitrogens with two attached hydrogens (primary N) is 1. The van der Waals surface area contributed by atoms with Crippen LogP contribution in [-0.4, -0.2) is 138 Å². The number of carbonyl (C=O) groups is 3. The first-order valence-corrected chi connectivity index (χ1v) is 41.0. The number of nitrogens with one attached hydrogen (secondary N) is 4. The van der Waals surface area contributed by atoms with E-state index in [9.17, 15) is 14.4 Å². The molecule has 0 aromatic carbocycles. The number of nitrogens with zero attached hydrogens (tertiary/aromatic N) is 15. The van der Waals surface area contributed by atoms with Crippen molar-refractivity contribution in [3.8, 4) is 39.9 Å². The lowest BCUT2D eigenvalue weighted by Gasteiger charge is -2.22. The Balaban J connectivity index is 0.000000141. The minimum Gasteiger partial charge on any atom is -0.456 e. The second-order valence-electron chi connectivity index (χ2n) is 33.1. The quantitative estimate of drug-likeness (QED) is 0.0202. The van der Waals surface area contributed by atoms with E-state index in [1.807, 2.05) is 65.7 Å². The number of fused-ring (bicyclic) bond motifs is 1. The number of hydrogen-bond donors (Lipinski definition) is 5. The van der Waals surface area contributed by atoms with Crippen LogP contribution in [0.15, 0.2) is 115 Å². The van der Waals surface area contributed by atoms with Gasteiger partial charge >= 0.3 is 0 Å². The largest absolute Gasteiger partial charge is 0.456 e. The predicted octanol–water partition coefficient (Wildman–Crippen LogP) is 15.6. The Morgan fingerprint density at radius 1 is 0.560 bits per heavy atom. The Morgan fingerprint density at radius 2 is 1.00 bits per heavy atom. The highest BCUT2D eigenvalue weighted by Crippen LogP contribution is 2.39. The van der Waals surface area contributed by atoms with Crippen LogP contribution in [0.25, 0.3) is 11.2 Å². The van der Waals surface area contributed by atoms with Crippen molar-refractivity contribution in [1.82, 2.24) is 68.8 Å². The van der Waals surface area contributed by atoms with Crippen LogP contribution in [0.4, 0.5) is 34.9 Å². The predicted molar refractivity (Wildman–Crippen MR) is 448 cm³/mol. The molecular weight excluding hydrogens is 1510 g/mol. The fourth-order valence-electron chi connectivity index (χ4n) is 13.7. The molecule has 0 bridgehead atoms. The highest BCUT2D eigenvalue weighted by Gasteiger charge is 2.35. The number of ketones is 3. The van der Waals surface area contributed by atoms with Crippen LogP contribution >= 0.6 is 24.0 Å². The lowest BCUT2D eigenvalue weighted by molar-refractivity contribution is -0.120.